The molecule has 0 aliphatic carbocycles. The SMILES string of the molecule is CCOCCN(C)c1ccc(CNC(C)(C)C)c(Br)c1. The number of halogens is 1. The molecule has 0 unspecified atom stereocenters. The number of rotatable bonds is 7. The van der Waals surface area contributed by atoms with Crippen LogP contribution >= 0.6 is 15.9 Å². The number of nitrogens with zero attached hydrogens (tertiary/aromatic N) is 1. The van der Waals surface area contributed by atoms with Crippen LogP contribution in [-0.4, -0.2) is 32.3 Å². The fourth-order valence-electron chi connectivity index (χ4n) is 1.75. The van der Waals surface area contributed by atoms with Crippen LogP contribution in [0, 0.1) is 0 Å². The summed E-state index contributed by atoms with van der Waals surface area (Å²) in [6.45, 7) is 11.9. The van der Waals surface area contributed by atoms with Gasteiger partial charge in [-0.25, -0.2) is 0 Å². The van der Waals surface area contributed by atoms with Gasteiger partial charge in [0, 0.05) is 42.4 Å². The van der Waals surface area contributed by atoms with Gasteiger partial charge in [0.2, 0.25) is 0 Å². The van der Waals surface area contributed by atoms with Gasteiger partial charge in [-0.15, -0.1) is 0 Å². The van der Waals surface area contributed by atoms with Crippen molar-refractivity contribution >= 4 is 21.6 Å². The number of hydrogen-bond acceptors (Lipinski definition) is 3. The molecule has 0 fully saturated rings. The van der Waals surface area contributed by atoms with E-state index in [9.17, 15) is 0 Å². The lowest BCUT2D eigenvalue weighted by Gasteiger charge is -2.23. The third kappa shape index (κ3) is 6.25. The average molecular weight is 343 g/mol. The molecular formula is C16H27BrN2O. The number of benzene rings is 1. The number of hydrogen-bond donors (Lipinski definition) is 1. The minimum absolute atomic E-state index is 0.131. The van der Waals surface area contributed by atoms with E-state index in [-0.39, 0.29) is 5.54 Å². The minimum Gasteiger partial charge on any atom is -0.380 e. The third-order valence-electron chi connectivity index (χ3n) is 3.06. The van der Waals surface area contributed by atoms with E-state index in [1.54, 1.807) is 0 Å². The summed E-state index contributed by atoms with van der Waals surface area (Å²) < 4.78 is 6.54. The zero-order valence-corrected chi connectivity index (χ0v) is 14.9. The van der Waals surface area contributed by atoms with Crippen LogP contribution in [0.5, 0.6) is 0 Å². The second kappa shape index (κ2) is 8.01. The molecule has 0 atom stereocenters. The van der Waals surface area contributed by atoms with Crippen molar-refractivity contribution < 1.29 is 4.74 Å². The molecule has 0 amide bonds. The van der Waals surface area contributed by atoms with Crippen molar-refractivity contribution in [2.75, 3.05) is 31.7 Å². The molecule has 0 saturated carbocycles. The molecule has 3 nitrogen and oxygen atoms in total. The molecule has 4 heteroatoms. The molecule has 0 aliphatic rings. The molecule has 0 spiro atoms. The lowest BCUT2D eigenvalue weighted by atomic mass is 10.1. The van der Waals surface area contributed by atoms with Crippen LogP contribution in [0.1, 0.15) is 33.3 Å². The second-order valence-electron chi connectivity index (χ2n) is 6.00. The monoisotopic (exact) mass is 342 g/mol. The summed E-state index contributed by atoms with van der Waals surface area (Å²) in [5.74, 6) is 0. The van der Waals surface area contributed by atoms with E-state index in [1.807, 2.05) is 6.92 Å². The molecule has 1 N–H and O–H groups in total. The first-order chi connectivity index (χ1) is 9.33. The van der Waals surface area contributed by atoms with Gasteiger partial charge < -0.3 is 15.0 Å². The predicted octanol–water partition coefficient (Wildman–Crippen LogP) is 3.81. The Labute approximate surface area is 131 Å². The van der Waals surface area contributed by atoms with E-state index in [0.717, 1.165) is 30.8 Å². The van der Waals surface area contributed by atoms with Gasteiger partial charge in [-0.2, -0.15) is 0 Å². The Morgan fingerprint density at radius 2 is 2.00 bits per heavy atom. The molecule has 1 aromatic carbocycles. The number of nitrogens with one attached hydrogen (secondary N) is 1. The van der Waals surface area contributed by atoms with Crippen molar-refractivity contribution in [1.82, 2.24) is 5.32 Å². The Morgan fingerprint density at radius 3 is 2.55 bits per heavy atom. The van der Waals surface area contributed by atoms with Gasteiger partial charge >= 0.3 is 0 Å². The zero-order chi connectivity index (χ0) is 15.2. The highest BCUT2D eigenvalue weighted by molar-refractivity contribution is 9.10. The summed E-state index contributed by atoms with van der Waals surface area (Å²) in [6.07, 6.45) is 0. The molecule has 0 heterocycles. The first-order valence-electron chi connectivity index (χ1n) is 7.16. The summed E-state index contributed by atoms with van der Waals surface area (Å²) in [5.41, 5.74) is 2.62. The fourth-order valence-corrected chi connectivity index (χ4v) is 2.26. The molecule has 1 aromatic rings. The zero-order valence-electron chi connectivity index (χ0n) is 13.3. The van der Waals surface area contributed by atoms with Crippen molar-refractivity contribution in [3.63, 3.8) is 0 Å². The smallest absolute Gasteiger partial charge is 0.0641 e. The Morgan fingerprint density at radius 1 is 1.30 bits per heavy atom. The van der Waals surface area contributed by atoms with Gasteiger partial charge in [0.05, 0.1) is 6.61 Å². The molecule has 0 aliphatic heterocycles. The van der Waals surface area contributed by atoms with E-state index < -0.39 is 0 Å². The van der Waals surface area contributed by atoms with Crippen molar-refractivity contribution in [2.24, 2.45) is 0 Å². The van der Waals surface area contributed by atoms with Crippen LogP contribution in [0.4, 0.5) is 5.69 Å². The molecule has 0 bridgehead atoms. The van der Waals surface area contributed by atoms with Gasteiger partial charge in [-0.1, -0.05) is 22.0 Å². The van der Waals surface area contributed by atoms with Gasteiger partial charge in [-0.05, 0) is 45.4 Å². The predicted molar refractivity (Wildman–Crippen MR) is 90.5 cm³/mol. The lowest BCUT2D eigenvalue weighted by molar-refractivity contribution is 0.154. The van der Waals surface area contributed by atoms with E-state index in [4.69, 9.17) is 4.74 Å². The molecule has 1 rings (SSSR count). The Balaban J connectivity index is 2.62. The van der Waals surface area contributed by atoms with E-state index in [2.05, 4.69) is 72.2 Å². The Hall–Kier alpha value is -0.580. The van der Waals surface area contributed by atoms with Crippen LogP contribution in [-0.2, 0) is 11.3 Å². The van der Waals surface area contributed by atoms with Gasteiger partial charge in [0.25, 0.3) is 0 Å². The van der Waals surface area contributed by atoms with Gasteiger partial charge in [0.15, 0.2) is 0 Å². The van der Waals surface area contributed by atoms with Crippen LogP contribution < -0.4 is 10.2 Å². The van der Waals surface area contributed by atoms with Crippen molar-refractivity contribution in [1.29, 1.82) is 0 Å². The van der Waals surface area contributed by atoms with Crippen molar-refractivity contribution in [3.8, 4) is 0 Å². The summed E-state index contributed by atoms with van der Waals surface area (Å²) in [7, 11) is 2.09. The van der Waals surface area contributed by atoms with E-state index in [0.29, 0.717) is 0 Å². The molecule has 20 heavy (non-hydrogen) atoms. The summed E-state index contributed by atoms with van der Waals surface area (Å²) in [4.78, 5) is 2.21. The Bertz CT molecular complexity index is 415. The summed E-state index contributed by atoms with van der Waals surface area (Å²) >= 11 is 3.67. The van der Waals surface area contributed by atoms with Gasteiger partial charge in [0.1, 0.15) is 0 Å². The highest BCUT2D eigenvalue weighted by Crippen LogP contribution is 2.24. The summed E-state index contributed by atoms with van der Waals surface area (Å²) in [5, 5.41) is 3.51. The second-order valence-corrected chi connectivity index (χ2v) is 6.85. The maximum Gasteiger partial charge on any atom is 0.0641 e. The van der Waals surface area contributed by atoms with E-state index in [1.165, 1.54) is 11.3 Å². The van der Waals surface area contributed by atoms with Crippen LogP contribution in [0.3, 0.4) is 0 Å². The quantitative estimate of drug-likeness (QED) is 0.762. The first-order valence-corrected chi connectivity index (χ1v) is 7.95. The molecular weight excluding hydrogens is 316 g/mol. The number of anilines is 1. The number of likely N-dealkylation sites (N-methyl/N-ethyl adjacent to an activating group) is 1. The third-order valence-corrected chi connectivity index (χ3v) is 3.80. The molecule has 0 radical (unpaired) electrons. The minimum atomic E-state index is 0.131. The topological polar surface area (TPSA) is 24.5 Å². The maximum atomic E-state index is 5.39. The highest BCUT2D eigenvalue weighted by atomic mass is 79.9. The summed E-state index contributed by atoms with van der Waals surface area (Å²) in [6, 6.07) is 6.51. The van der Waals surface area contributed by atoms with E-state index >= 15 is 0 Å². The molecule has 0 aromatic heterocycles. The Kier molecular flexibility index (Phi) is 7.00. The van der Waals surface area contributed by atoms with Crippen LogP contribution in [0.25, 0.3) is 0 Å². The highest BCUT2D eigenvalue weighted by Gasteiger charge is 2.10. The average Bonchev–Trinajstić information content (AvgIpc) is 2.36. The normalized spacial score (nSPS) is 11.7. The van der Waals surface area contributed by atoms with Crippen LogP contribution in [0.2, 0.25) is 0 Å². The van der Waals surface area contributed by atoms with Crippen molar-refractivity contribution in [3.05, 3.63) is 28.2 Å². The molecule has 114 valence electrons. The van der Waals surface area contributed by atoms with Crippen LogP contribution in [0.15, 0.2) is 22.7 Å². The largest absolute Gasteiger partial charge is 0.380 e. The fraction of sp³-hybridized carbons (Fsp3) is 0.625. The molecule has 0 saturated heterocycles. The first kappa shape index (κ1) is 17.5. The van der Waals surface area contributed by atoms with Crippen molar-refractivity contribution in [2.45, 2.75) is 39.8 Å². The lowest BCUT2D eigenvalue weighted by Crippen LogP contribution is -2.35. The van der Waals surface area contributed by atoms with Gasteiger partial charge in [-0.3, -0.25) is 0 Å². The standard InChI is InChI=1S/C16H27BrN2O/c1-6-20-10-9-19(5)14-8-7-13(15(17)11-14)12-18-16(2,3)4/h7-8,11,18H,6,9-10,12H2,1-5H3. The maximum absolute atomic E-state index is 5.39. The number of ether oxygens (including phenoxy) is 1.